The molecule has 1 rings (SSSR count). The summed E-state index contributed by atoms with van der Waals surface area (Å²) >= 11 is 3.44. The summed E-state index contributed by atoms with van der Waals surface area (Å²) in [4.78, 5) is 11.0. The maximum Gasteiger partial charge on any atom is 0.223 e. The highest BCUT2D eigenvalue weighted by molar-refractivity contribution is 9.10. The lowest BCUT2D eigenvalue weighted by atomic mass is 10.1. The second-order valence-electron chi connectivity index (χ2n) is 3.58. The predicted octanol–water partition coefficient (Wildman–Crippen LogP) is 1.47. The molecule has 17 heavy (non-hydrogen) atoms. The van der Waals surface area contributed by atoms with Gasteiger partial charge < -0.3 is 15.8 Å². The Hall–Kier alpha value is -1.07. The van der Waals surface area contributed by atoms with E-state index in [0.29, 0.717) is 19.6 Å². The van der Waals surface area contributed by atoms with Crippen molar-refractivity contribution in [1.29, 1.82) is 0 Å². The molecular formula is C12H17BrN2O2. The highest BCUT2D eigenvalue weighted by atomic mass is 79.9. The van der Waals surface area contributed by atoms with Crippen LogP contribution >= 0.6 is 15.9 Å². The Morgan fingerprint density at radius 1 is 1.53 bits per heavy atom. The molecule has 0 saturated carbocycles. The fourth-order valence-corrected chi connectivity index (χ4v) is 1.90. The van der Waals surface area contributed by atoms with Crippen LogP contribution in [0.25, 0.3) is 0 Å². The Bertz CT molecular complexity index is 383. The van der Waals surface area contributed by atoms with Crippen LogP contribution in [0.1, 0.15) is 12.0 Å². The van der Waals surface area contributed by atoms with Crippen LogP contribution in [0.3, 0.4) is 0 Å². The number of carbonyl (C=O) groups is 1. The van der Waals surface area contributed by atoms with Gasteiger partial charge in [-0.05, 0) is 46.6 Å². The second-order valence-corrected chi connectivity index (χ2v) is 4.43. The van der Waals surface area contributed by atoms with Gasteiger partial charge in [-0.3, -0.25) is 4.79 Å². The Balaban J connectivity index is 2.51. The van der Waals surface area contributed by atoms with E-state index >= 15 is 0 Å². The zero-order chi connectivity index (χ0) is 12.7. The van der Waals surface area contributed by atoms with E-state index in [9.17, 15) is 4.79 Å². The number of nitrogens with two attached hydrogens (primary N) is 1. The van der Waals surface area contributed by atoms with Crippen molar-refractivity contribution in [1.82, 2.24) is 5.32 Å². The number of ether oxygens (including phenoxy) is 1. The van der Waals surface area contributed by atoms with E-state index < -0.39 is 0 Å². The van der Waals surface area contributed by atoms with Gasteiger partial charge in [-0.1, -0.05) is 6.07 Å². The van der Waals surface area contributed by atoms with Crippen LogP contribution in [0, 0.1) is 0 Å². The molecule has 0 unspecified atom stereocenters. The minimum absolute atomic E-state index is 0.0270. The fraction of sp³-hybridized carbons (Fsp3) is 0.417. The number of hydrogen-bond acceptors (Lipinski definition) is 3. The van der Waals surface area contributed by atoms with Gasteiger partial charge in [0.05, 0.1) is 17.5 Å². The van der Waals surface area contributed by atoms with E-state index in [4.69, 9.17) is 10.5 Å². The van der Waals surface area contributed by atoms with E-state index in [1.54, 1.807) is 7.05 Å². The summed E-state index contributed by atoms with van der Waals surface area (Å²) in [6, 6.07) is 5.86. The molecule has 0 spiro atoms. The molecule has 0 heterocycles. The third kappa shape index (κ3) is 4.75. The highest BCUT2D eigenvalue weighted by Crippen LogP contribution is 2.26. The fourth-order valence-electron chi connectivity index (χ4n) is 1.36. The van der Waals surface area contributed by atoms with Crippen LogP contribution in [-0.2, 0) is 11.2 Å². The summed E-state index contributed by atoms with van der Waals surface area (Å²) in [6.07, 6.45) is 1.20. The number of carbonyl (C=O) groups excluding carboxylic acids is 1. The molecule has 0 radical (unpaired) electrons. The summed E-state index contributed by atoms with van der Waals surface area (Å²) in [5.41, 5.74) is 6.65. The SMILES string of the molecule is CNC(=O)CCOc1ccc(CCN)cc1Br. The van der Waals surface area contributed by atoms with E-state index in [0.717, 1.165) is 22.2 Å². The summed E-state index contributed by atoms with van der Waals surface area (Å²) in [6.45, 7) is 0.998. The molecule has 0 aliphatic rings. The second kappa shape index (κ2) is 7.29. The molecule has 0 aliphatic carbocycles. The molecule has 1 amide bonds. The zero-order valence-electron chi connectivity index (χ0n) is 9.83. The number of halogens is 1. The van der Waals surface area contributed by atoms with Crippen molar-refractivity contribution in [2.45, 2.75) is 12.8 Å². The minimum Gasteiger partial charge on any atom is -0.492 e. The van der Waals surface area contributed by atoms with Crippen molar-refractivity contribution in [2.75, 3.05) is 20.2 Å². The number of nitrogens with one attached hydrogen (secondary N) is 1. The lowest BCUT2D eigenvalue weighted by Crippen LogP contribution is -2.20. The average Bonchev–Trinajstić information content (AvgIpc) is 2.32. The monoisotopic (exact) mass is 300 g/mol. The highest BCUT2D eigenvalue weighted by Gasteiger charge is 2.04. The quantitative estimate of drug-likeness (QED) is 0.836. The number of benzene rings is 1. The molecule has 94 valence electrons. The van der Waals surface area contributed by atoms with Crippen molar-refractivity contribution >= 4 is 21.8 Å². The molecule has 0 bridgehead atoms. The van der Waals surface area contributed by atoms with Crippen LogP contribution in [0.4, 0.5) is 0 Å². The molecule has 1 aromatic rings. The van der Waals surface area contributed by atoms with Crippen molar-refractivity contribution in [3.8, 4) is 5.75 Å². The molecule has 0 saturated heterocycles. The van der Waals surface area contributed by atoms with Crippen LogP contribution in [0.5, 0.6) is 5.75 Å². The minimum atomic E-state index is -0.0270. The maximum absolute atomic E-state index is 11.0. The smallest absolute Gasteiger partial charge is 0.223 e. The van der Waals surface area contributed by atoms with Gasteiger partial charge in [0.2, 0.25) is 5.91 Å². The summed E-state index contributed by atoms with van der Waals surface area (Å²) < 4.78 is 6.39. The molecule has 3 N–H and O–H groups in total. The Morgan fingerprint density at radius 3 is 2.88 bits per heavy atom. The van der Waals surface area contributed by atoms with Crippen molar-refractivity contribution in [2.24, 2.45) is 5.73 Å². The van der Waals surface area contributed by atoms with Crippen LogP contribution in [-0.4, -0.2) is 26.1 Å². The van der Waals surface area contributed by atoms with Gasteiger partial charge in [0.1, 0.15) is 5.75 Å². The third-order valence-corrected chi connectivity index (χ3v) is 2.91. The van der Waals surface area contributed by atoms with Crippen molar-refractivity contribution < 1.29 is 9.53 Å². The first kappa shape index (κ1) is 14.0. The molecular weight excluding hydrogens is 284 g/mol. The zero-order valence-corrected chi connectivity index (χ0v) is 11.4. The summed E-state index contributed by atoms with van der Waals surface area (Å²) in [5.74, 6) is 0.718. The summed E-state index contributed by atoms with van der Waals surface area (Å²) in [7, 11) is 1.61. The van der Waals surface area contributed by atoms with Crippen LogP contribution in [0.15, 0.2) is 22.7 Å². The molecule has 0 aromatic heterocycles. The predicted molar refractivity (Wildman–Crippen MR) is 71.1 cm³/mol. The normalized spacial score (nSPS) is 10.1. The Morgan fingerprint density at radius 2 is 2.29 bits per heavy atom. The topological polar surface area (TPSA) is 64.3 Å². The Kier molecular flexibility index (Phi) is 6.00. The van der Waals surface area contributed by atoms with Crippen LogP contribution in [0.2, 0.25) is 0 Å². The van der Waals surface area contributed by atoms with Gasteiger partial charge in [-0.25, -0.2) is 0 Å². The molecule has 1 aromatic carbocycles. The van der Waals surface area contributed by atoms with Crippen LogP contribution < -0.4 is 15.8 Å². The first-order chi connectivity index (χ1) is 8.17. The van der Waals surface area contributed by atoms with Crippen molar-refractivity contribution in [3.05, 3.63) is 28.2 Å². The Labute approximate surface area is 110 Å². The maximum atomic E-state index is 11.0. The summed E-state index contributed by atoms with van der Waals surface area (Å²) in [5, 5.41) is 2.55. The van der Waals surface area contributed by atoms with E-state index in [2.05, 4.69) is 21.2 Å². The van der Waals surface area contributed by atoms with Crippen molar-refractivity contribution in [3.63, 3.8) is 0 Å². The van der Waals surface area contributed by atoms with Gasteiger partial charge in [0, 0.05) is 7.05 Å². The molecule has 0 fully saturated rings. The van der Waals surface area contributed by atoms with Gasteiger partial charge >= 0.3 is 0 Å². The van der Waals surface area contributed by atoms with E-state index in [1.165, 1.54) is 0 Å². The molecule has 5 heteroatoms. The number of hydrogen-bond donors (Lipinski definition) is 2. The third-order valence-electron chi connectivity index (χ3n) is 2.29. The lowest BCUT2D eigenvalue weighted by Gasteiger charge is -2.09. The lowest BCUT2D eigenvalue weighted by molar-refractivity contribution is -0.121. The van der Waals surface area contributed by atoms with E-state index in [1.807, 2.05) is 18.2 Å². The first-order valence-corrected chi connectivity index (χ1v) is 6.28. The van der Waals surface area contributed by atoms with Gasteiger partial charge in [0.25, 0.3) is 0 Å². The average molecular weight is 301 g/mol. The first-order valence-electron chi connectivity index (χ1n) is 5.49. The standard InChI is InChI=1S/C12H17BrN2O2/c1-15-12(16)5-7-17-11-3-2-9(4-6-14)8-10(11)13/h2-3,8H,4-7,14H2,1H3,(H,15,16). The molecule has 0 aliphatic heterocycles. The van der Waals surface area contributed by atoms with Gasteiger partial charge in [-0.15, -0.1) is 0 Å². The molecule has 4 nitrogen and oxygen atoms in total. The van der Waals surface area contributed by atoms with E-state index in [-0.39, 0.29) is 5.91 Å². The largest absolute Gasteiger partial charge is 0.492 e. The molecule has 0 atom stereocenters. The number of rotatable bonds is 6. The van der Waals surface area contributed by atoms with Gasteiger partial charge in [0.15, 0.2) is 0 Å². The number of amides is 1. The van der Waals surface area contributed by atoms with Gasteiger partial charge in [-0.2, -0.15) is 0 Å².